The molecule has 0 unspecified atom stereocenters. The zero-order chi connectivity index (χ0) is 53.1. The summed E-state index contributed by atoms with van der Waals surface area (Å²) >= 11 is 0. The Hall–Kier alpha value is -7.17. The molecule has 2 atom stereocenters. The number of anilines is 3. The number of amides is 5. The van der Waals surface area contributed by atoms with Gasteiger partial charge in [0.2, 0.25) is 5.91 Å². The average Bonchev–Trinajstić information content (AvgIpc) is 4.05. The number of carbonyl (C=O) groups is 6. The number of ketones is 1. The van der Waals surface area contributed by atoms with Crippen LogP contribution < -0.4 is 29.3 Å². The third kappa shape index (κ3) is 11.5. The zero-order valence-corrected chi connectivity index (χ0v) is 44.9. The van der Waals surface area contributed by atoms with E-state index in [4.69, 9.17) is 19.2 Å². The topological polar surface area (TPSA) is 164 Å². The molecule has 0 spiro atoms. The van der Waals surface area contributed by atoms with Gasteiger partial charge in [0, 0.05) is 95.8 Å². The van der Waals surface area contributed by atoms with Gasteiger partial charge in [-0.1, -0.05) is 58.0 Å². The lowest BCUT2D eigenvalue weighted by atomic mass is 9.99. The van der Waals surface area contributed by atoms with Crippen molar-refractivity contribution < 1.29 is 43.0 Å². The first kappa shape index (κ1) is 52.3. The van der Waals surface area contributed by atoms with Crippen LogP contribution in [0.25, 0.3) is 0 Å². The normalized spacial score (nSPS) is 17.1. The van der Waals surface area contributed by atoms with Gasteiger partial charge in [0.25, 0.3) is 23.6 Å². The molecule has 16 heteroatoms. The fourth-order valence-corrected chi connectivity index (χ4v) is 13.3. The largest absolute Gasteiger partial charge is 0.493 e. The molecule has 5 aliphatic heterocycles. The van der Waals surface area contributed by atoms with Gasteiger partial charge in [-0.3, -0.25) is 43.6 Å². The van der Waals surface area contributed by atoms with Crippen LogP contribution in [0.1, 0.15) is 113 Å². The number of Topliss-reactive ketones (excluding diaryl/α,β-unsaturated/α-hetero) is 1. The van der Waals surface area contributed by atoms with Gasteiger partial charge in [-0.05, 0) is 141 Å². The number of imide groups is 1. The Bertz CT molecular complexity index is 3190. The van der Waals surface area contributed by atoms with Gasteiger partial charge >= 0.3 is 0 Å². The minimum Gasteiger partial charge on any atom is -0.493 e. The van der Waals surface area contributed by atoms with Crippen molar-refractivity contribution in [1.82, 2.24) is 4.90 Å². The zero-order valence-electron chi connectivity index (χ0n) is 43.2. The molecule has 0 radical (unpaired) electrons. The Morgan fingerprint density at radius 3 is 2.14 bits per heavy atom. The van der Waals surface area contributed by atoms with Crippen molar-refractivity contribution >= 4 is 85.9 Å². The molecule has 5 amide bonds. The predicted molar refractivity (Wildman–Crippen MR) is 299 cm³/mol. The Morgan fingerprint density at radius 2 is 1.41 bits per heavy atom. The highest BCUT2D eigenvalue weighted by atomic mass is 33.1. The quantitative estimate of drug-likeness (QED) is 0.0422. The summed E-state index contributed by atoms with van der Waals surface area (Å²) in [6.45, 7) is 6.65. The second-order valence-electron chi connectivity index (χ2n) is 20.6. The number of para-hydroxylation sites is 2. The van der Waals surface area contributed by atoms with Crippen LogP contribution in [0.15, 0.2) is 108 Å². The molecule has 10 rings (SSSR count). The van der Waals surface area contributed by atoms with E-state index in [1.807, 2.05) is 95.7 Å². The van der Waals surface area contributed by atoms with Crippen LogP contribution in [-0.2, 0) is 51.7 Å². The summed E-state index contributed by atoms with van der Waals surface area (Å²) in [6, 6.07) is 29.1. The fourth-order valence-electron chi connectivity index (χ4n) is 10.6. The molecule has 0 fully saturated rings. The van der Waals surface area contributed by atoms with E-state index in [0.29, 0.717) is 84.7 Å². The average molecular weight is 1060 g/mol. The number of fused-ring (bicyclic) bond motifs is 8. The minimum atomic E-state index is -0.332. The first-order valence-corrected chi connectivity index (χ1v) is 28.3. The molecule has 1 N–H and O–H groups in total. The number of nitrogens with zero attached hydrogens (tertiary/aromatic N) is 4. The number of ether oxygens (including phenoxy) is 3. The maximum atomic E-state index is 14.2. The summed E-state index contributed by atoms with van der Waals surface area (Å²) in [7, 11) is 4.95. The van der Waals surface area contributed by atoms with Gasteiger partial charge in [0.05, 0.1) is 24.4 Å². The molecule has 76 heavy (non-hydrogen) atoms. The molecule has 5 aliphatic rings. The van der Waals surface area contributed by atoms with E-state index < -0.39 is 0 Å². The lowest BCUT2D eigenvalue weighted by Crippen LogP contribution is -2.37. The van der Waals surface area contributed by atoms with Crippen molar-refractivity contribution in [3.8, 4) is 17.2 Å². The molecule has 392 valence electrons. The van der Waals surface area contributed by atoms with E-state index in [0.717, 1.165) is 62.7 Å². The highest BCUT2D eigenvalue weighted by Crippen LogP contribution is 2.43. The Balaban J connectivity index is 0.801. The van der Waals surface area contributed by atoms with Crippen molar-refractivity contribution in [2.75, 3.05) is 34.5 Å². The molecular weight excluding hydrogens is 999 g/mol. The lowest BCUT2D eigenvalue weighted by Gasteiger charge is -2.23. The molecule has 0 saturated carbocycles. The van der Waals surface area contributed by atoms with E-state index in [9.17, 15) is 28.8 Å². The Labute approximate surface area is 451 Å². The van der Waals surface area contributed by atoms with Gasteiger partial charge in [-0.15, -0.1) is 0 Å². The molecule has 0 aliphatic carbocycles. The van der Waals surface area contributed by atoms with Crippen LogP contribution in [0.5, 0.6) is 17.2 Å². The van der Waals surface area contributed by atoms with Crippen molar-refractivity contribution in [2.45, 2.75) is 115 Å². The summed E-state index contributed by atoms with van der Waals surface area (Å²) < 4.78 is 18.7. The van der Waals surface area contributed by atoms with Gasteiger partial charge in [-0.2, -0.15) is 0 Å². The monoisotopic (exact) mass is 1060 g/mol. The van der Waals surface area contributed by atoms with Crippen molar-refractivity contribution in [1.29, 1.82) is 0 Å². The fraction of sp³-hybridized carbons (Fsp3) is 0.350. The molecule has 5 aromatic carbocycles. The minimum absolute atomic E-state index is 0.0422. The van der Waals surface area contributed by atoms with Crippen molar-refractivity contribution in [3.05, 3.63) is 148 Å². The third-order valence-corrected chi connectivity index (χ3v) is 18.0. The number of methoxy groups -OCH3 is 1. The summed E-state index contributed by atoms with van der Waals surface area (Å²) in [5.74, 6) is 1.48. The van der Waals surface area contributed by atoms with E-state index in [2.05, 4.69) is 31.3 Å². The predicted octanol–water partition coefficient (Wildman–Crippen LogP) is 10.9. The number of aliphatic imine (C=N–C) groups is 1. The van der Waals surface area contributed by atoms with E-state index in [-0.39, 0.29) is 78.3 Å². The molecule has 5 aromatic rings. The van der Waals surface area contributed by atoms with Crippen LogP contribution >= 0.6 is 21.6 Å². The van der Waals surface area contributed by atoms with Gasteiger partial charge < -0.3 is 24.4 Å². The summed E-state index contributed by atoms with van der Waals surface area (Å²) in [6.07, 6.45) is 10.2. The van der Waals surface area contributed by atoms with E-state index in [1.165, 1.54) is 17.7 Å². The summed E-state index contributed by atoms with van der Waals surface area (Å²) in [5.41, 5.74) is 9.66. The van der Waals surface area contributed by atoms with Gasteiger partial charge in [-0.25, -0.2) is 0 Å². The number of rotatable bonds is 21. The first-order valence-electron chi connectivity index (χ1n) is 26.0. The smallest absolute Gasteiger partial charge is 0.261 e. The molecular formula is C60H61N5O9S2. The number of aryl methyl sites for hydroxylation is 2. The standard InChI is InChI=1S/C60H61N5O9S2/c1-37-25-48-49(61-34-45-30-42-12-6-8-16-51(42)65(45)59(48)71)33-52(37)73-35-38-26-39(36-74-54-31-40-17-18-44-29-41-11-5-7-15-50(41)64(44)58(70)47(40)32-53(54)72-4)28-43(27-38)62-55(67)21-22-60(2,3)76-75-24-10-14-46(66)13-9-23-63-56(68)19-20-57(63)69/h5-8,11-12,15-16,19-20,25-28,31-34,44-45H,9-10,13-14,17-18,21-24,29-30,35-36H2,1-4H3,(H,62,67)/t44-,45+/m1/s1. The van der Waals surface area contributed by atoms with Crippen LogP contribution in [0.3, 0.4) is 0 Å². The highest BCUT2D eigenvalue weighted by molar-refractivity contribution is 8.77. The summed E-state index contributed by atoms with van der Waals surface area (Å²) in [5, 5.41) is 3.14. The molecule has 5 heterocycles. The lowest BCUT2D eigenvalue weighted by molar-refractivity contribution is -0.137. The molecule has 0 bridgehead atoms. The Morgan fingerprint density at radius 1 is 0.737 bits per heavy atom. The number of benzene rings is 5. The molecule has 0 saturated heterocycles. The number of nitrogens with one attached hydrogen (secondary N) is 1. The maximum absolute atomic E-state index is 14.2. The number of hydrogen-bond donors (Lipinski definition) is 1. The van der Waals surface area contributed by atoms with Crippen LogP contribution in [0.2, 0.25) is 0 Å². The van der Waals surface area contributed by atoms with E-state index >= 15 is 0 Å². The first-order chi connectivity index (χ1) is 36.7. The van der Waals surface area contributed by atoms with Gasteiger partial charge in [0.1, 0.15) is 24.7 Å². The van der Waals surface area contributed by atoms with Gasteiger partial charge in [0.15, 0.2) is 11.5 Å². The van der Waals surface area contributed by atoms with Crippen molar-refractivity contribution in [2.24, 2.45) is 4.99 Å². The van der Waals surface area contributed by atoms with Crippen LogP contribution in [0, 0.1) is 6.92 Å². The number of hydrogen-bond acceptors (Lipinski definition) is 12. The van der Waals surface area contributed by atoms with Crippen molar-refractivity contribution in [3.63, 3.8) is 0 Å². The maximum Gasteiger partial charge on any atom is 0.261 e. The van der Waals surface area contributed by atoms with Crippen LogP contribution in [-0.4, -0.2) is 82.7 Å². The van der Waals surface area contributed by atoms with Crippen LogP contribution in [0.4, 0.5) is 22.7 Å². The van der Waals surface area contributed by atoms with E-state index in [1.54, 1.807) is 34.8 Å². The highest BCUT2D eigenvalue weighted by Gasteiger charge is 2.39. The second kappa shape index (κ2) is 22.6. The Kier molecular flexibility index (Phi) is 15.5. The second-order valence-corrected chi connectivity index (χ2v) is 23.7. The SMILES string of the molecule is COc1cc2c(cc1OCc1cc(COc3cc4c(cc3C)C(=O)N3c5ccccc5C[C@H]3C=N4)cc(NC(=O)CCC(C)(C)SSCCCC(=O)CCCN3C(=O)C=CC3=O)c1)CC[C@@H]1Cc3ccccc3N1C2=O. The number of carbonyl (C=O) groups excluding carboxylic acids is 6. The molecule has 0 aromatic heterocycles. The third-order valence-electron chi connectivity index (χ3n) is 14.6. The summed E-state index contributed by atoms with van der Waals surface area (Å²) in [4.78, 5) is 87.7. The molecule has 14 nitrogen and oxygen atoms in total.